The van der Waals surface area contributed by atoms with Crippen LogP contribution in [0.4, 0.5) is 0 Å². The molecule has 1 aromatic carbocycles. The highest BCUT2D eigenvalue weighted by Crippen LogP contribution is 2.07. The smallest absolute Gasteiger partial charge is 0.326 e. The zero-order chi connectivity index (χ0) is 31.1. The second kappa shape index (κ2) is 17.0. The van der Waals surface area contributed by atoms with Crippen LogP contribution in [0.5, 0.6) is 0 Å². The van der Waals surface area contributed by atoms with E-state index in [2.05, 4.69) is 30.9 Å². The molecule has 1 aromatic heterocycles. The molecular weight excluding hydrogens is 548 g/mol. The number of rotatable bonds is 18. The molecule has 0 fully saturated rings. The minimum atomic E-state index is -1.28. The molecule has 0 aliphatic heterocycles. The number of carbonyl (C=O) groups excluding carboxylic acids is 4. The third kappa shape index (κ3) is 12.0. The van der Waals surface area contributed by atoms with Gasteiger partial charge in [0.15, 0.2) is 5.96 Å². The number of aliphatic imine (C=N–C) groups is 1. The van der Waals surface area contributed by atoms with Crippen LogP contribution in [-0.4, -0.2) is 81.3 Å². The number of guanidine groups is 1. The number of nitrogens with two attached hydrogens (primary N) is 4. The number of aromatic amines is 1. The second-order valence-electron chi connectivity index (χ2n) is 9.55. The number of H-pyrrole nitrogens is 1. The van der Waals surface area contributed by atoms with Crippen LogP contribution < -0.4 is 38.9 Å². The fourth-order valence-corrected chi connectivity index (χ4v) is 3.90. The number of carboxylic acids is 1. The molecule has 2 aromatic rings. The fraction of sp³-hybridized carbons (Fsp3) is 0.423. The van der Waals surface area contributed by atoms with E-state index in [1.807, 2.05) is 0 Å². The van der Waals surface area contributed by atoms with Gasteiger partial charge in [-0.15, -0.1) is 0 Å². The number of hydrogen-bond acceptors (Lipinski definition) is 8. The molecule has 16 nitrogen and oxygen atoms in total. The summed E-state index contributed by atoms with van der Waals surface area (Å²) in [4.78, 5) is 73.1. The highest BCUT2D eigenvalue weighted by Gasteiger charge is 2.31. The molecule has 0 aliphatic carbocycles. The average molecular weight is 587 g/mol. The van der Waals surface area contributed by atoms with Crippen molar-refractivity contribution in [2.45, 2.75) is 62.7 Å². The summed E-state index contributed by atoms with van der Waals surface area (Å²) in [6.45, 7) is 0.160. The van der Waals surface area contributed by atoms with Crippen molar-refractivity contribution < 1.29 is 29.1 Å². The van der Waals surface area contributed by atoms with Gasteiger partial charge in [-0.05, 0) is 24.8 Å². The van der Waals surface area contributed by atoms with Gasteiger partial charge in [0, 0.05) is 37.7 Å². The molecule has 228 valence electrons. The van der Waals surface area contributed by atoms with Crippen molar-refractivity contribution >= 4 is 35.6 Å². The Labute approximate surface area is 242 Å². The Balaban J connectivity index is 2.21. The topological polar surface area (TPSA) is 287 Å². The maximum absolute atomic E-state index is 13.4. The Kier molecular flexibility index (Phi) is 13.4. The van der Waals surface area contributed by atoms with Crippen molar-refractivity contribution in [3.8, 4) is 0 Å². The van der Waals surface area contributed by atoms with Gasteiger partial charge in [-0.1, -0.05) is 30.3 Å². The lowest BCUT2D eigenvalue weighted by atomic mass is 10.0. The first kappa shape index (κ1) is 33.2. The number of hydrogen-bond donors (Lipinski definition) is 9. The predicted molar refractivity (Wildman–Crippen MR) is 152 cm³/mol. The van der Waals surface area contributed by atoms with Crippen molar-refractivity contribution in [3.05, 3.63) is 54.1 Å². The third-order valence-electron chi connectivity index (χ3n) is 6.13. The van der Waals surface area contributed by atoms with Crippen molar-refractivity contribution in [3.63, 3.8) is 0 Å². The number of carbonyl (C=O) groups is 5. The lowest BCUT2D eigenvalue weighted by Gasteiger charge is -2.25. The van der Waals surface area contributed by atoms with Crippen molar-refractivity contribution in [2.24, 2.45) is 27.9 Å². The predicted octanol–water partition coefficient (Wildman–Crippen LogP) is -2.62. The Hall–Kier alpha value is -4.99. The number of carboxylic acid groups (broad SMARTS) is 1. The summed E-state index contributed by atoms with van der Waals surface area (Å²) in [7, 11) is 0. The van der Waals surface area contributed by atoms with Crippen LogP contribution >= 0.6 is 0 Å². The molecule has 0 aliphatic rings. The van der Waals surface area contributed by atoms with Gasteiger partial charge in [0.25, 0.3) is 0 Å². The Bertz CT molecular complexity index is 1220. The molecule has 13 N–H and O–H groups in total. The normalized spacial score (nSPS) is 13.5. The van der Waals surface area contributed by atoms with Gasteiger partial charge < -0.3 is 49.0 Å². The molecule has 4 atom stereocenters. The number of amides is 4. The first-order valence-corrected chi connectivity index (χ1v) is 13.2. The van der Waals surface area contributed by atoms with Gasteiger partial charge in [0.2, 0.25) is 23.6 Å². The van der Waals surface area contributed by atoms with Gasteiger partial charge in [0.05, 0.1) is 12.4 Å². The maximum atomic E-state index is 13.4. The average Bonchev–Trinajstić information content (AvgIpc) is 3.45. The Morgan fingerprint density at radius 1 is 0.881 bits per heavy atom. The van der Waals surface area contributed by atoms with Crippen molar-refractivity contribution in [1.29, 1.82) is 0 Å². The summed E-state index contributed by atoms with van der Waals surface area (Å²) in [6.07, 6.45) is 2.99. The first-order chi connectivity index (χ1) is 20.0. The van der Waals surface area contributed by atoms with Gasteiger partial charge >= 0.3 is 5.97 Å². The summed E-state index contributed by atoms with van der Waals surface area (Å²) in [5.41, 5.74) is 22.9. The summed E-state index contributed by atoms with van der Waals surface area (Å²) in [5.74, 6) is -4.23. The van der Waals surface area contributed by atoms with E-state index in [0.29, 0.717) is 11.3 Å². The molecule has 42 heavy (non-hydrogen) atoms. The van der Waals surface area contributed by atoms with Crippen LogP contribution in [0.25, 0.3) is 0 Å². The number of aromatic nitrogens is 2. The molecule has 0 saturated heterocycles. The van der Waals surface area contributed by atoms with Crippen molar-refractivity contribution in [2.75, 3.05) is 6.54 Å². The summed E-state index contributed by atoms with van der Waals surface area (Å²) in [5, 5.41) is 17.4. The van der Waals surface area contributed by atoms with Crippen LogP contribution in [0.1, 0.15) is 36.9 Å². The number of primary amides is 1. The fourth-order valence-electron chi connectivity index (χ4n) is 3.90. The van der Waals surface area contributed by atoms with Crippen LogP contribution in [0.2, 0.25) is 0 Å². The maximum Gasteiger partial charge on any atom is 0.326 e. The molecule has 1 heterocycles. The molecule has 0 spiro atoms. The number of nitrogens with zero attached hydrogens (tertiary/aromatic N) is 2. The molecule has 0 bridgehead atoms. The van der Waals surface area contributed by atoms with Gasteiger partial charge in [0.1, 0.15) is 18.1 Å². The summed E-state index contributed by atoms with van der Waals surface area (Å²) >= 11 is 0. The minimum Gasteiger partial charge on any atom is -0.480 e. The van der Waals surface area contributed by atoms with Gasteiger partial charge in [-0.25, -0.2) is 9.78 Å². The number of aliphatic carboxylic acids is 1. The zero-order valence-corrected chi connectivity index (χ0v) is 23.0. The van der Waals surface area contributed by atoms with Crippen LogP contribution in [0.3, 0.4) is 0 Å². The molecule has 4 amide bonds. The number of nitrogens with one attached hydrogen (secondary N) is 4. The highest BCUT2D eigenvalue weighted by molar-refractivity contribution is 5.94. The van der Waals surface area contributed by atoms with E-state index in [9.17, 15) is 29.1 Å². The molecule has 0 saturated carbocycles. The van der Waals surface area contributed by atoms with Crippen LogP contribution in [0, 0.1) is 0 Å². The molecule has 4 unspecified atom stereocenters. The van der Waals surface area contributed by atoms with E-state index >= 15 is 0 Å². The van der Waals surface area contributed by atoms with Gasteiger partial charge in [-0.3, -0.25) is 24.2 Å². The Morgan fingerprint density at radius 2 is 1.52 bits per heavy atom. The number of imidazole rings is 1. The second-order valence-corrected chi connectivity index (χ2v) is 9.55. The monoisotopic (exact) mass is 586 g/mol. The standard InChI is InChI=1S/C26H38N10O6/c27-17(8-9-21(28)37)22(38)34-18(7-4-10-32-26(29)30)23(39)35-19(12-16-13-31-14-33-16)24(40)36-20(25(41)42)11-15-5-2-1-3-6-15/h1-3,5-6,13-14,17-20H,4,7-12,27H2,(H2,28,37)(H,31,33)(H,34,38)(H,35,39)(H,36,40)(H,41,42)(H4,29,30,32). The van der Waals surface area contributed by atoms with E-state index < -0.39 is 53.8 Å². The van der Waals surface area contributed by atoms with Crippen LogP contribution in [0.15, 0.2) is 47.8 Å². The number of benzene rings is 1. The highest BCUT2D eigenvalue weighted by atomic mass is 16.4. The SMILES string of the molecule is NC(=O)CCC(N)C(=O)NC(CCCN=C(N)N)C(=O)NC(Cc1cnc[nH]1)C(=O)NC(Cc1ccccc1)C(=O)O. The lowest BCUT2D eigenvalue weighted by molar-refractivity contribution is -0.142. The minimum absolute atomic E-state index is 0.0132. The van der Waals surface area contributed by atoms with E-state index in [1.165, 1.54) is 12.5 Å². The van der Waals surface area contributed by atoms with E-state index in [1.54, 1.807) is 30.3 Å². The quantitative estimate of drug-likeness (QED) is 0.0498. The van der Waals surface area contributed by atoms with E-state index in [4.69, 9.17) is 22.9 Å². The summed E-state index contributed by atoms with van der Waals surface area (Å²) < 4.78 is 0. The van der Waals surface area contributed by atoms with Crippen LogP contribution in [-0.2, 0) is 36.8 Å². The van der Waals surface area contributed by atoms with E-state index in [-0.39, 0.29) is 51.0 Å². The largest absolute Gasteiger partial charge is 0.480 e. The Morgan fingerprint density at radius 3 is 2.12 bits per heavy atom. The molecule has 16 heteroatoms. The summed E-state index contributed by atoms with van der Waals surface area (Å²) in [6, 6.07) is 3.94. The first-order valence-electron chi connectivity index (χ1n) is 13.2. The third-order valence-corrected chi connectivity index (χ3v) is 6.13. The zero-order valence-electron chi connectivity index (χ0n) is 23.0. The lowest BCUT2D eigenvalue weighted by Crippen LogP contribution is -2.58. The molecular formula is C26H38N10O6. The van der Waals surface area contributed by atoms with E-state index in [0.717, 1.165) is 0 Å². The molecule has 2 rings (SSSR count). The van der Waals surface area contributed by atoms with Gasteiger partial charge in [-0.2, -0.15) is 0 Å². The van der Waals surface area contributed by atoms with Crippen molar-refractivity contribution in [1.82, 2.24) is 25.9 Å². The molecule has 0 radical (unpaired) electrons.